The van der Waals surface area contributed by atoms with Crippen molar-refractivity contribution in [2.45, 2.75) is 12.0 Å². The minimum atomic E-state index is -1.83. The fourth-order valence-electron chi connectivity index (χ4n) is 2.26. The van der Waals surface area contributed by atoms with E-state index in [1.165, 1.54) is 24.3 Å². The highest BCUT2D eigenvalue weighted by atomic mass is 16.4. The Kier molecular flexibility index (Phi) is 2.88. The van der Waals surface area contributed by atoms with E-state index in [1.807, 2.05) is 0 Å². The Balaban J connectivity index is 2.65. The normalized spacial score (nSPS) is 26.5. The lowest BCUT2D eigenvalue weighted by Gasteiger charge is -2.30. The molecule has 0 saturated carbocycles. The highest BCUT2D eigenvalue weighted by Crippen LogP contribution is 2.36. The number of ketones is 1. The van der Waals surface area contributed by atoms with E-state index in [0.717, 1.165) is 0 Å². The fraction of sp³-hybridized carbons (Fsp3) is 0.250. The van der Waals surface area contributed by atoms with Crippen molar-refractivity contribution in [2.75, 3.05) is 0 Å². The number of aliphatic hydroxyl groups excluding tert-OH is 1. The van der Waals surface area contributed by atoms with Crippen LogP contribution in [0.5, 0.6) is 0 Å². The lowest BCUT2D eigenvalue weighted by Crippen LogP contribution is -2.45. The first-order valence-corrected chi connectivity index (χ1v) is 5.22. The third-order valence-electron chi connectivity index (χ3n) is 3.08. The van der Waals surface area contributed by atoms with Crippen LogP contribution < -0.4 is 0 Å². The zero-order valence-electron chi connectivity index (χ0n) is 9.11. The molecule has 1 aliphatic rings. The summed E-state index contributed by atoms with van der Waals surface area (Å²) < 4.78 is 0. The molecule has 0 amide bonds. The molecule has 0 heterocycles. The second kappa shape index (κ2) is 4.23. The number of carbonyl (C=O) groups is 3. The first-order chi connectivity index (χ1) is 8.45. The van der Waals surface area contributed by atoms with Crippen molar-refractivity contribution in [3.05, 3.63) is 35.4 Å². The number of carbonyl (C=O) groups excluding carboxylic acids is 1. The molecular formula is C12H10O6. The van der Waals surface area contributed by atoms with Gasteiger partial charge < -0.3 is 15.3 Å². The van der Waals surface area contributed by atoms with Gasteiger partial charge in [0.2, 0.25) is 0 Å². The van der Waals surface area contributed by atoms with E-state index in [4.69, 9.17) is 10.2 Å². The fourth-order valence-corrected chi connectivity index (χ4v) is 2.26. The number of carboxylic acid groups (broad SMARTS) is 2. The Morgan fingerprint density at radius 3 is 2.22 bits per heavy atom. The van der Waals surface area contributed by atoms with Gasteiger partial charge in [-0.05, 0) is 5.56 Å². The molecule has 1 aliphatic carbocycles. The average Bonchev–Trinajstić information content (AvgIpc) is 2.32. The maximum Gasteiger partial charge on any atom is 0.312 e. The van der Waals surface area contributed by atoms with Crippen LogP contribution in [0.15, 0.2) is 24.3 Å². The first-order valence-electron chi connectivity index (χ1n) is 5.22. The number of benzene rings is 1. The summed E-state index contributed by atoms with van der Waals surface area (Å²) in [7, 11) is 0. The van der Waals surface area contributed by atoms with Crippen molar-refractivity contribution < 1.29 is 29.7 Å². The quantitative estimate of drug-likeness (QED) is 0.687. The number of Topliss-reactive ketones (excluding diaryl/α,β-unsaturated/α-hetero) is 1. The number of aliphatic hydroxyl groups is 1. The van der Waals surface area contributed by atoms with Gasteiger partial charge in [-0.2, -0.15) is 0 Å². The lowest BCUT2D eigenvalue weighted by atomic mass is 9.73. The predicted octanol–water partition coefficient (Wildman–Crippen LogP) is 0.113. The summed E-state index contributed by atoms with van der Waals surface area (Å²) in [6, 6.07) is 5.84. The van der Waals surface area contributed by atoms with Gasteiger partial charge in [0.05, 0.1) is 5.92 Å². The maximum atomic E-state index is 11.8. The molecule has 3 N–H and O–H groups in total. The molecule has 0 bridgehead atoms. The van der Waals surface area contributed by atoms with Gasteiger partial charge in [0, 0.05) is 5.56 Å². The number of hydrogen-bond donors (Lipinski definition) is 3. The Bertz CT molecular complexity index is 535. The second-order valence-electron chi connectivity index (χ2n) is 4.08. The van der Waals surface area contributed by atoms with E-state index in [0.29, 0.717) is 0 Å². The molecule has 1 aromatic rings. The van der Waals surface area contributed by atoms with E-state index in [2.05, 4.69) is 0 Å². The molecule has 0 saturated heterocycles. The van der Waals surface area contributed by atoms with Gasteiger partial charge in [-0.3, -0.25) is 14.4 Å². The van der Waals surface area contributed by atoms with Gasteiger partial charge in [0.25, 0.3) is 0 Å². The lowest BCUT2D eigenvalue weighted by molar-refractivity contribution is -0.153. The molecule has 0 fully saturated rings. The Labute approximate surface area is 101 Å². The van der Waals surface area contributed by atoms with E-state index < -0.39 is 35.7 Å². The summed E-state index contributed by atoms with van der Waals surface area (Å²) in [4.78, 5) is 34.1. The third-order valence-corrected chi connectivity index (χ3v) is 3.08. The van der Waals surface area contributed by atoms with Gasteiger partial charge in [-0.25, -0.2) is 0 Å². The van der Waals surface area contributed by atoms with Gasteiger partial charge in [-0.15, -0.1) is 0 Å². The molecule has 0 spiro atoms. The standard InChI is InChI=1S/C12H10O6/c13-9-6-4-2-1-3-5(6)7(11(15)16)8(10(9)14)12(17)18/h1-4,7-8,10,14H,(H,15,16)(H,17,18). The molecule has 18 heavy (non-hydrogen) atoms. The monoisotopic (exact) mass is 250 g/mol. The van der Waals surface area contributed by atoms with Crippen molar-refractivity contribution >= 4 is 17.7 Å². The molecule has 6 heteroatoms. The predicted molar refractivity (Wildman–Crippen MR) is 58.3 cm³/mol. The van der Waals surface area contributed by atoms with Crippen LogP contribution in [0.1, 0.15) is 21.8 Å². The molecule has 94 valence electrons. The SMILES string of the molecule is O=C1c2ccccc2C(C(=O)O)C(C(=O)O)C1O. The molecule has 2 rings (SSSR count). The van der Waals surface area contributed by atoms with Crippen molar-refractivity contribution in [1.82, 2.24) is 0 Å². The topological polar surface area (TPSA) is 112 Å². The molecule has 3 unspecified atom stereocenters. The molecule has 0 radical (unpaired) electrons. The summed E-state index contributed by atoms with van der Waals surface area (Å²) in [5.41, 5.74) is 0.197. The van der Waals surface area contributed by atoms with Crippen LogP contribution >= 0.6 is 0 Å². The molecule has 6 nitrogen and oxygen atoms in total. The van der Waals surface area contributed by atoms with Gasteiger partial charge in [0.15, 0.2) is 5.78 Å². The number of carboxylic acids is 2. The number of aliphatic carboxylic acids is 2. The zero-order valence-corrected chi connectivity index (χ0v) is 9.11. The summed E-state index contributed by atoms with van der Waals surface area (Å²) in [6.45, 7) is 0. The van der Waals surface area contributed by atoms with Gasteiger partial charge >= 0.3 is 11.9 Å². The largest absolute Gasteiger partial charge is 0.481 e. The molecular weight excluding hydrogens is 240 g/mol. The van der Waals surface area contributed by atoms with Crippen LogP contribution in [0.2, 0.25) is 0 Å². The average molecular weight is 250 g/mol. The van der Waals surface area contributed by atoms with Crippen LogP contribution in [0, 0.1) is 5.92 Å². The minimum Gasteiger partial charge on any atom is -0.481 e. The molecule has 3 atom stereocenters. The summed E-state index contributed by atoms with van der Waals surface area (Å²) >= 11 is 0. The van der Waals surface area contributed by atoms with Crippen molar-refractivity contribution in [2.24, 2.45) is 5.92 Å². The van der Waals surface area contributed by atoms with Crippen LogP contribution in [0.4, 0.5) is 0 Å². The summed E-state index contributed by atoms with van der Waals surface area (Å²) in [6.07, 6.45) is -1.83. The summed E-state index contributed by atoms with van der Waals surface area (Å²) in [5, 5.41) is 27.8. The Morgan fingerprint density at radius 2 is 1.67 bits per heavy atom. The van der Waals surface area contributed by atoms with E-state index in [-0.39, 0.29) is 11.1 Å². The number of fused-ring (bicyclic) bond motifs is 1. The molecule has 0 aromatic heterocycles. The smallest absolute Gasteiger partial charge is 0.312 e. The van der Waals surface area contributed by atoms with Crippen LogP contribution in [0.25, 0.3) is 0 Å². The second-order valence-corrected chi connectivity index (χ2v) is 4.08. The zero-order chi connectivity index (χ0) is 13.4. The van der Waals surface area contributed by atoms with Crippen LogP contribution in [0.3, 0.4) is 0 Å². The Morgan fingerprint density at radius 1 is 1.06 bits per heavy atom. The highest BCUT2D eigenvalue weighted by molar-refractivity contribution is 6.07. The number of hydrogen-bond acceptors (Lipinski definition) is 4. The highest BCUT2D eigenvalue weighted by Gasteiger charge is 2.48. The molecule has 0 aliphatic heterocycles. The van der Waals surface area contributed by atoms with Crippen LogP contribution in [-0.4, -0.2) is 39.1 Å². The Hall–Kier alpha value is -2.21. The van der Waals surface area contributed by atoms with E-state index in [9.17, 15) is 19.5 Å². The van der Waals surface area contributed by atoms with Gasteiger partial charge in [-0.1, -0.05) is 24.3 Å². The summed E-state index contributed by atoms with van der Waals surface area (Å²) in [5.74, 6) is -6.72. The molecule has 1 aromatic carbocycles. The van der Waals surface area contributed by atoms with Crippen molar-refractivity contribution in [3.8, 4) is 0 Å². The van der Waals surface area contributed by atoms with Crippen molar-refractivity contribution in [1.29, 1.82) is 0 Å². The maximum absolute atomic E-state index is 11.8. The van der Waals surface area contributed by atoms with E-state index >= 15 is 0 Å². The minimum absolute atomic E-state index is 0.0647. The van der Waals surface area contributed by atoms with Gasteiger partial charge in [0.1, 0.15) is 12.0 Å². The van der Waals surface area contributed by atoms with Crippen molar-refractivity contribution in [3.63, 3.8) is 0 Å². The van der Waals surface area contributed by atoms with Crippen LogP contribution in [-0.2, 0) is 9.59 Å². The van der Waals surface area contributed by atoms with E-state index in [1.54, 1.807) is 0 Å². The third kappa shape index (κ3) is 1.67. The number of rotatable bonds is 2. The first kappa shape index (κ1) is 12.3.